The second-order valence-corrected chi connectivity index (χ2v) is 6.77. The average Bonchev–Trinajstić information content (AvgIpc) is 2.86. The Kier molecular flexibility index (Phi) is 4.06. The molecule has 1 N–H and O–H groups in total. The van der Waals surface area contributed by atoms with Gasteiger partial charge in [-0.15, -0.1) is 11.3 Å². The van der Waals surface area contributed by atoms with Crippen molar-refractivity contribution < 1.29 is 13.9 Å². The molecule has 0 aliphatic rings. The maximum atomic E-state index is 13.2. The molecule has 1 heterocycles. The molecule has 0 radical (unpaired) electrons. The molecule has 2 aromatic carbocycles. The molecule has 1 atom stereocenters. The van der Waals surface area contributed by atoms with Crippen LogP contribution in [0.1, 0.15) is 16.5 Å². The highest BCUT2D eigenvalue weighted by atomic mass is 79.9. The van der Waals surface area contributed by atoms with E-state index in [1.54, 1.807) is 18.2 Å². The van der Waals surface area contributed by atoms with Gasteiger partial charge in [0.25, 0.3) is 0 Å². The Balaban J connectivity index is 1.85. The van der Waals surface area contributed by atoms with E-state index < -0.39 is 6.10 Å². The molecule has 5 heteroatoms. The zero-order valence-electron chi connectivity index (χ0n) is 10.8. The van der Waals surface area contributed by atoms with Crippen molar-refractivity contribution in [2.45, 2.75) is 12.5 Å². The maximum Gasteiger partial charge on any atom is 0.137 e. The highest BCUT2D eigenvalue weighted by Gasteiger charge is 2.13. The topological polar surface area (TPSA) is 20.2 Å². The number of hydrogen-bond donors (Lipinski definition) is 1. The summed E-state index contributed by atoms with van der Waals surface area (Å²) in [6.07, 6.45) is -0.309. The predicted octanol–water partition coefficient (Wildman–Crippen LogP) is 5.22. The smallest absolute Gasteiger partial charge is 0.137 e. The van der Waals surface area contributed by atoms with Gasteiger partial charge in [-0.3, -0.25) is 0 Å². The number of halogens is 3. The molecular weight excluding hydrogens is 358 g/mol. The molecule has 0 fully saturated rings. The van der Waals surface area contributed by atoms with Crippen molar-refractivity contribution in [2.24, 2.45) is 0 Å². The van der Waals surface area contributed by atoms with Crippen LogP contribution < -0.4 is 0 Å². The van der Waals surface area contributed by atoms with Gasteiger partial charge >= 0.3 is 0 Å². The highest BCUT2D eigenvalue weighted by molar-refractivity contribution is 9.10. The molecule has 0 saturated carbocycles. The van der Waals surface area contributed by atoms with Crippen LogP contribution in [0.3, 0.4) is 0 Å². The summed E-state index contributed by atoms with van der Waals surface area (Å²) in [5.74, 6) is -0.613. The van der Waals surface area contributed by atoms with Gasteiger partial charge in [-0.05, 0) is 57.2 Å². The van der Waals surface area contributed by atoms with Crippen LogP contribution in [0.5, 0.6) is 0 Å². The first kappa shape index (κ1) is 14.6. The predicted molar refractivity (Wildman–Crippen MR) is 84.5 cm³/mol. The van der Waals surface area contributed by atoms with Gasteiger partial charge in [-0.25, -0.2) is 8.78 Å². The molecule has 0 amide bonds. The molecule has 0 spiro atoms. The van der Waals surface area contributed by atoms with Gasteiger partial charge in [0, 0.05) is 16.0 Å². The molecular formula is C16H11BrF2OS. The van der Waals surface area contributed by atoms with Crippen molar-refractivity contribution in [3.05, 3.63) is 69.0 Å². The Morgan fingerprint density at radius 3 is 2.67 bits per heavy atom. The number of fused-ring (bicyclic) bond motifs is 1. The summed E-state index contributed by atoms with van der Waals surface area (Å²) in [4.78, 5) is 0.774. The lowest BCUT2D eigenvalue weighted by Crippen LogP contribution is -1.99. The van der Waals surface area contributed by atoms with E-state index in [2.05, 4.69) is 15.9 Å². The van der Waals surface area contributed by atoms with Crippen LogP contribution >= 0.6 is 27.3 Å². The van der Waals surface area contributed by atoms with E-state index in [4.69, 9.17) is 0 Å². The van der Waals surface area contributed by atoms with Crippen LogP contribution in [0.15, 0.2) is 46.9 Å². The van der Waals surface area contributed by atoms with E-state index >= 15 is 0 Å². The summed E-state index contributed by atoms with van der Waals surface area (Å²) >= 11 is 4.50. The fraction of sp³-hybridized carbons (Fsp3) is 0.125. The first-order valence-corrected chi connectivity index (χ1v) is 7.95. The van der Waals surface area contributed by atoms with Crippen molar-refractivity contribution in [1.82, 2.24) is 0 Å². The van der Waals surface area contributed by atoms with Crippen molar-refractivity contribution in [1.29, 1.82) is 0 Å². The van der Waals surface area contributed by atoms with Crippen molar-refractivity contribution in [3.8, 4) is 0 Å². The van der Waals surface area contributed by atoms with Gasteiger partial charge in [0.05, 0.1) is 10.6 Å². The number of thiophene rings is 1. The molecule has 0 bridgehead atoms. The summed E-state index contributed by atoms with van der Waals surface area (Å²) < 4.78 is 27.6. The van der Waals surface area contributed by atoms with Gasteiger partial charge in [0.15, 0.2) is 0 Å². The summed E-state index contributed by atoms with van der Waals surface area (Å²) in [5.41, 5.74) is 0.833. The van der Waals surface area contributed by atoms with E-state index in [1.807, 2.05) is 6.07 Å². The van der Waals surface area contributed by atoms with Crippen LogP contribution in [-0.2, 0) is 6.42 Å². The van der Waals surface area contributed by atoms with Gasteiger partial charge in [-0.1, -0.05) is 12.1 Å². The Morgan fingerprint density at radius 2 is 1.90 bits per heavy atom. The van der Waals surface area contributed by atoms with Gasteiger partial charge in [0.1, 0.15) is 11.6 Å². The number of benzene rings is 2. The SMILES string of the molecule is OC(Cc1ccc(F)c(Br)c1)c1cc2ccc(F)cc2s1. The summed E-state index contributed by atoms with van der Waals surface area (Å²) in [6.45, 7) is 0. The van der Waals surface area contributed by atoms with E-state index in [0.29, 0.717) is 10.9 Å². The van der Waals surface area contributed by atoms with E-state index in [-0.39, 0.29) is 11.6 Å². The molecule has 0 aliphatic heterocycles. The third-order valence-corrected chi connectivity index (χ3v) is 5.05. The van der Waals surface area contributed by atoms with Gasteiger partial charge in [-0.2, -0.15) is 0 Å². The minimum atomic E-state index is -0.692. The monoisotopic (exact) mass is 368 g/mol. The van der Waals surface area contributed by atoms with Crippen molar-refractivity contribution in [3.63, 3.8) is 0 Å². The lowest BCUT2D eigenvalue weighted by atomic mass is 10.1. The highest BCUT2D eigenvalue weighted by Crippen LogP contribution is 2.32. The van der Waals surface area contributed by atoms with Crippen LogP contribution in [0, 0.1) is 11.6 Å². The Labute approximate surface area is 133 Å². The van der Waals surface area contributed by atoms with Crippen LogP contribution in [0.4, 0.5) is 8.78 Å². The Morgan fingerprint density at radius 1 is 1.10 bits per heavy atom. The third kappa shape index (κ3) is 3.15. The van der Waals surface area contributed by atoms with Crippen LogP contribution in [0.2, 0.25) is 0 Å². The molecule has 108 valence electrons. The number of aliphatic hydroxyl groups is 1. The number of rotatable bonds is 3. The lowest BCUT2D eigenvalue weighted by Gasteiger charge is -2.09. The minimum absolute atomic E-state index is 0.284. The molecule has 1 nitrogen and oxygen atoms in total. The third-order valence-electron chi connectivity index (χ3n) is 3.24. The Bertz CT molecular complexity index is 800. The minimum Gasteiger partial charge on any atom is -0.387 e. The van der Waals surface area contributed by atoms with Crippen molar-refractivity contribution >= 4 is 37.4 Å². The maximum absolute atomic E-state index is 13.2. The van der Waals surface area contributed by atoms with E-state index in [0.717, 1.165) is 20.5 Å². The van der Waals surface area contributed by atoms with E-state index in [9.17, 15) is 13.9 Å². The molecule has 3 aromatic rings. The fourth-order valence-corrected chi connectivity index (χ4v) is 3.68. The first-order valence-electron chi connectivity index (χ1n) is 6.34. The zero-order chi connectivity index (χ0) is 15.0. The zero-order valence-corrected chi connectivity index (χ0v) is 13.2. The molecule has 0 saturated heterocycles. The molecule has 0 aliphatic carbocycles. The van der Waals surface area contributed by atoms with Gasteiger partial charge in [0.2, 0.25) is 0 Å². The average molecular weight is 369 g/mol. The summed E-state index contributed by atoms with van der Waals surface area (Å²) in [6, 6.07) is 11.1. The van der Waals surface area contributed by atoms with Crippen LogP contribution in [0.25, 0.3) is 10.1 Å². The number of hydrogen-bond acceptors (Lipinski definition) is 2. The lowest BCUT2D eigenvalue weighted by molar-refractivity contribution is 0.182. The van der Waals surface area contributed by atoms with Gasteiger partial charge < -0.3 is 5.11 Å². The summed E-state index contributed by atoms with van der Waals surface area (Å²) in [7, 11) is 0. The Hall–Kier alpha value is -1.30. The number of aliphatic hydroxyl groups excluding tert-OH is 1. The molecule has 21 heavy (non-hydrogen) atoms. The molecule has 1 aromatic heterocycles. The first-order chi connectivity index (χ1) is 10.0. The van der Waals surface area contributed by atoms with Crippen molar-refractivity contribution in [2.75, 3.05) is 0 Å². The normalized spacial score (nSPS) is 12.8. The molecule has 3 rings (SSSR count). The van der Waals surface area contributed by atoms with Crippen LogP contribution in [-0.4, -0.2) is 5.11 Å². The molecule has 1 unspecified atom stereocenters. The summed E-state index contributed by atoms with van der Waals surface area (Å²) in [5, 5.41) is 11.2. The fourth-order valence-electron chi connectivity index (χ4n) is 2.18. The second-order valence-electron chi connectivity index (χ2n) is 4.80. The quantitative estimate of drug-likeness (QED) is 0.671. The van der Waals surface area contributed by atoms with E-state index in [1.165, 1.54) is 29.5 Å². The second kappa shape index (κ2) is 5.83. The largest absolute Gasteiger partial charge is 0.387 e. The standard InChI is InChI=1S/C16H11BrF2OS/c17-12-5-9(1-4-13(12)19)6-14(20)16-7-10-2-3-11(18)8-15(10)21-16/h1-5,7-8,14,20H,6H2.